The molecule has 1 unspecified atom stereocenters. The fourth-order valence-electron chi connectivity index (χ4n) is 1.74. The zero-order valence-electron chi connectivity index (χ0n) is 8.05. The van der Waals surface area contributed by atoms with Crippen molar-refractivity contribution in [3.8, 4) is 0 Å². The maximum atomic E-state index is 11.2. The first kappa shape index (κ1) is 8.98. The molecule has 6 nitrogen and oxygen atoms in total. The molecule has 6 heteroatoms. The average molecular weight is 195 g/mol. The largest absolute Gasteiger partial charge is 0.367 e. The van der Waals surface area contributed by atoms with Gasteiger partial charge in [-0.2, -0.15) is 0 Å². The van der Waals surface area contributed by atoms with Gasteiger partial charge in [0, 0.05) is 32.5 Å². The van der Waals surface area contributed by atoms with Gasteiger partial charge in [0.15, 0.2) is 0 Å². The maximum Gasteiger partial charge on any atom is 0.239 e. The first-order chi connectivity index (χ1) is 6.65. The van der Waals surface area contributed by atoms with Crippen LogP contribution in [0.25, 0.3) is 0 Å². The fourth-order valence-corrected chi connectivity index (χ4v) is 1.74. The Labute approximate surface area is 81.7 Å². The molecule has 1 aromatic heterocycles. The Morgan fingerprint density at radius 3 is 3.00 bits per heavy atom. The van der Waals surface area contributed by atoms with Crippen molar-refractivity contribution in [2.45, 2.75) is 13.0 Å². The van der Waals surface area contributed by atoms with E-state index in [1.54, 1.807) is 15.9 Å². The number of nitrogens with zero attached hydrogens (tertiary/aromatic N) is 4. The Hall–Kier alpha value is -1.59. The third kappa shape index (κ3) is 1.68. The van der Waals surface area contributed by atoms with Gasteiger partial charge in [0.25, 0.3) is 0 Å². The lowest BCUT2D eigenvalue weighted by molar-refractivity contribution is -0.126. The van der Waals surface area contributed by atoms with E-state index < -0.39 is 0 Å². The second-order valence-corrected chi connectivity index (χ2v) is 3.67. The van der Waals surface area contributed by atoms with Crippen molar-refractivity contribution in [2.24, 2.45) is 5.92 Å². The number of carbonyl (C=O) groups excluding carboxylic acids is 1. The van der Waals surface area contributed by atoms with E-state index in [4.69, 9.17) is 5.73 Å². The molecule has 2 rings (SSSR count). The Morgan fingerprint density at radius 1 is 1.71 bits per heavy atom. The molecule has 0 radical (unpaired) electrons. The van der Waals surface area contributed by atoms with E-state index >= 15 is 0 Å². The van der Waals surface area contributed by atoms with Gasteiger partial charge in [0.2, 0.25) is 11.9 Å². The van der Waals surface area contributed by atoms with Crippen LogP contribution >= 0.6 is 0 Å². The second kappa shape index (κ2) is 3.28. The van der Waals surface area contributed by atoms with Crippen LogP contribution in [-0.2, 0) is 11.3 Å². The first-order valence-corrected chi connectivity index (χ1v) is 4.54. The van der Waals surface area contributed by atoms with E-state index in [0.29, 0.717) is 18.9 Å². The van der Waals surface area contributed by atoms with Crippen molar-refractivity contribution in [2.75, 3.05) is 19.3 Å². The zero-order chi connectivity index (χ0) is 10.1. The zero-order valence-corrected chi connectivity index (χ0v) is 8.05. The van der Waals surface area contributed by atoms with Crippen LogP contribution in [0.5, 0.6) is 0 Å². The predicted molar refractivity (Wildman–Crippen MR) is 50.2 cm³/mol. The van der Waals surface area contributed by atoms with Gasteiger partial charge in [-0.15, -0.1) is 5.10 Å². The number of rotatable bonds is 2. The van der Waals surface area contributed by atoms with E-state index in [-0.39, 0.29) is 11.9 Å². The maximum absolute atomic E-state index is 11.2. The number of nitrogen functional groups attached to an aromatic ring is 1. The van der Waals surface area contributed by atoms with Gasteiger partial charge in [-0.3, -0.25) is 9.48 Å². The van der Waals surface area contributed by atoms with Crippen molar-refractivity contribution in [3.05, 3.63) is 6.33 Å². The van der Waals surface area contributed by atoms with Crippen molar-refractivity contribution in [1.29, 1.82) is 0 Å². The molecule has 1 aliphatic heterocycles. The highest BCUT2D eigenvalue weighted by molar-refractivity contribution is 5.78. The van der Waals surface area contributed by atoms with Crippen LogP contribution in [0.4, 0.5) is 5.95 Å². The standard InChI is InChI=1S/C8H13N5O/c1-12-3-6(2-7(12)14)4-13-5-10-8(9)11-13/h5-6H,2-4H2,1H3,(H2,9,11). The van der Waals surface area contributed by atoms with Gasteiger partial charge in [-0.1, -0.05) is 0 Å². The number of carbonyl (C=O) groups is 1. The van der Waals surface area contributed by atoms with E-state index in [1.165, 1.54) is 0 Å². The monoisotopic (exact) mass is 195 g/mol. The molecule has 0 aromatic carbocycles. The van der Waals surface area contributed by atoms with Crippen LogP contribution in [0.3, 0.4) is 0 Å². The van der Waals surface area contributed by atoms with Crippen LogP contribution in [0.2, 0.25) is 0 Å². The topological polar surface area (TPSA) is 77.0 Å². The van der Waals surface area contributed by atoms with E-state index in [0.717, 1.165) is 6.54 Å². The number of aromatic nitrogens is 3. The molecule has 1 aliphatic rings. The molecule has 1 saturated heterocycles. The number of nitrogens with two attached hydrogens (primary N) is 1. The molecule has 76 valence electrons. The normalized spacial score (nSPS) is 21.9. The summed E-state index contributed by atoms with van der Waals surface area (Å²) in [5.74, 6) is 0.805. The van der Waals surface area contributed by atoms with Gasteiger partial charge in [-0.05, 0) is 0 Å². The minimum Gasteiger partial charge on any atom is -0.367 e. The Balaban J connectivity index is 1.96. The highest BCUT2D eigenvalue weighted by Gasteiger charge is 2.26. The molecule has 0 spiro atoms. The lowest BCUT2D eigenvalue weighted by Crippen LogP contribution is -2.20. The molecular formula is C8H13N5O. The Bertz CT molecular complexity index is 347. The smallest absolute Gasteiger partial charge is 0.239 e. The summed E-state index contributed by atoms with van der Waals surface area (Å²) in [6.07, 6.45) is 2.19. The number of anilines is 1. The van der Waals surface area contributed by atoms with Gasteiger partial charge < -0.3 is 10.6 Å². The molecule has 2 N–H and O–H groups in total. The summed E-state index contributed by atoms with van der Waals surface area (Å²) in [5, 5.41) is 3.98. The van der Waals surface area contributed by atoms with Crippen LogP contribution in [-0.4, -0.2) is 39.2 Å². The van der Waals surface area contributed by atoms with Crippen molar-refractivity contribution in [3.63, 3.8) is 0 Å². The van der Waals surface area contributed by atoms with Crippen molar-refractivity contribution >= 4 is 11.9 Å². The minimum absolute atomic E-state index is 0.197. The number of hydrogen-bond donors (Lipinski definition) is 1. The Morgan fingerprint density at radius 2 is 2.50 bits per heavy atom. The molecule has 0 bridgehead atoms. The summed E-state index contributed by atoms with van der Waals surface area (Å²) in [6, 6.07) is 0. The Kier molecular flexibility index (Phi) is 2.11. The van der Waals surface area contributed by atoms with Gasteiger partial charge in [0.1, 0.15) is 6.33 Å². The average Bonchev–Trinajstić information content (AvgIpc) is 2.62. The molecule has 0 saturated carbocycles. The molecule has 0 aliphatic carbocycles. The second-order valence-electron chi connectivity index (χ2n) is 3.67. The molecular weight excluding hydrogens is 182 g/mol. The first-order valence-electron chi connectivity index (χ1n) is 4.54. The highest BCUT2D eigenvalue weighted by Crippen LogP contribution is 2.17. The fraction of sp³-hybridized carbons (Fsp3) is 0.625. The van der Waals surface area contributed by atoms with Crippen LogP contribution in [0.15, 0.2) is 6.33 Å². The van der Waals surface area contributed by atoms with Crippen LogP contribution in [0.1, 0.15) is 6.42 Å². The van der Waals surface area contributed by atoms with E-state index in [1.807, 2.05) is 7.05 Å². The molecule has 1 fully saturated rings. The van der Waals surface area contributed by atoms with E-state index in [9.17, 15) is 4.79 Å². The summed E-state index contributed by atoms with van der Waals surface area (Å²) < 4.78 is 1.69. The molecule has 2 heterocycles. The number of likely N-dealkylation sites (tertiary alicyclic amines) is 1. The number of hydrogen-bond acceptors (Lipinski definition) is 4. The molecule has 1 atom stereocenters. The van der Waals surface area contributed by atoms with Crippen molar-refractivity contribution < 1.29 is 4.79 Å². The third-order valence-electron chi connectivity index (χ3n) is 2.42. The lowest BCUT2D eigenvalue weighted by Gasteiger charge is -2.09. The minimum atomic E-state index is 0.197. The summed E-state index contributed by atoms with van der Waals surface area (Å²) in [5.41, 5.74) is 5.39. The summed E-state index contributed by atoms with van der Waals surface area (Å²) in [6.45, 7) is 1.50. The summed E-state index contributed by atoms with van der Waals surface area (Å²) >= 11 is 0. The molecule has 1 amide bonds. The summed E-state index contributed by atoms with van der Waals surface area (Å²) in [4.78, 5) is 16.8. The molecule has 14 heavy (non-hydrogen) atoms. The predicted octanol–water partition coefficient (Wildman–Crippen LogP) is -0.661. The van der Waals surface area contributed by atoms with Gasteiger partial charge in [-0.25, -0.2) is 4.98 Å². The lowest BCUT2D eigenvalue weighted by atomic mass is 10.1. The molecule has 1 aromatic rings. The van der Waals surface area contributed by atoms with Crippen LogP contribution < -0.4 is 5.73 Å². The highest BCUT2D eigenvalue weighted by atomic mass is 16.2. The van der Waals surface area contributed by atoms with E-state index in [2.05, 4.69) is 10.1 Å². The summed E-state index contributed by atoms with van der Waals surface area (Å²) in [7, 11) is 1.82. The van der Waals surface area contributed by atoms with Gasteiger partial charge >= 0.3 is 0 Å². The SMILES string of the molecule is CN1CC(Cn2cnc(N)n2)CC1=O. The third-order valence-corrected chi connectivity index (χ3v) is 2.42. The number of amides is 1. The van der Waals surface area contributed by atoms with Crippen molar-refractivity contribution in [1.82, 2.24) is 19.7 Å². The quantitative estimate of drug-likeness (QED) is 0.679. The van der Waals surface area contributed by atoms with Crippen LogP contribution in [0, 0.1) is 5.92 Å². The van der Waals surface area contributed by atoms with Gasteiger partial charge in [0.05, 0.1) is 0 Å².